The van der Waals surface area contributed by atoms with Gasteiger partial charge in [-0.05, 0) is 6.92 Å². The molecule has 0 spiro atoms. The second-order valence-electron chi connectivity index (χ2n) is 3.19. The predicted molar refractivity (Wildman–Crippen MR) is 54.5 cm³/mol. The van der Waals surface area contributed by atoms with E-state index in [0.29, 0.717) is 5.69 Å². The van der Waals surface area contributed by atoms with Crippen molar-refractivity contribution in [1.82, 2.24) is 19.6 Å². The van der Waals surface area contributed by atoms with Gasteiger partial charge in [-0.15, -0.1) is 0 Å². The first-order chi connectivity index (χ1) is 6.70. The van der Waals surface area contributed by atoms with Crippen LogP contribution in [0.25, 0.3) is 11.3 Å². The van der Waals surface area contributed by atoms with Crippen molar-refractivity contribution < 1.29 is 0 Å². The van der Waals surface area contributed by atoms with E-state index in [1.54, 1.807) is 10.9 Å². The summed E-state index contributed by atoms with van der Waals surface area (Å²) in [5, 5.41) is 8.43. The van der Waals surface area contributed by atoms with Crippen molar-refractivity contribution in [2.24, 2.45) is 7.05 Å². The van der Waals surface area contributed by atoms with E-state index in [0.717, 1.165) is 17.8 Å². The Morgan fingerprint density at radius 1 is 1.43 bits per heavy atom. The van der Waals surface area contributed by atoms with Crippen LogP contribution >= 0.6 is 0 Å². The van der Waals surface area contributed by atoms with E-state index in [2.05, 4.69) is 10.2 Å². The minimum atomic E-state index is 0.694. The minimum Gasteiger partial charge on any atom is -0.396 e. The highest BCUT2D eigenvalue weighted by atomic mass is 15.3. The van der Waals surface area contributed by atoms with Crippen LogP contribution < -0.4 is 5.73 Å². The van der Waals surface area contributed by atoms with Crippen LogP contribution in [0.3, 0.4) is 0 Å². The van der Waals surface area contributed by atoms with Crippen LogP contribution in [-0.4, -0.2) is 19.6 Å². The van der Waals surface area contributed by atoms with Crippen LogP contribution in [0.1, 0.15) is 6.92 Å². The Morgan fingerprint density at radius 2 is 2.21 bits per heavy atom. The number of aromatic nitrogens is 4. The van der Waals surface area contributed by atoms with Gasteiger partial charge in [0.25, 0.3) is 0 Å². The molecule has 14 heavy (non-hydrogen) atoms. The average molecular weight is 191 g/mol. The largest absolute Gasteiger partial charge is 0.396 e. The molecule has 0 aromatic carbocycles. The van der Waals surface area contributed by atoms with Gasteiger partial charge in [0.2, 0.25) is 0 Å². The molecule has 5 nitrogen and oxygen atoms in total. The van der Waals surface area contributed by atoms with E-state index in [1.165, 1.54) is 0 Å². The van der Waals surface area contributed by atoms with Gasteiger partial charge < -0.3 is 5.73 Å². The Balaban J connectivity index is 2.45. The Morgan fingerprint density at radius 3 is 2.71 bits per heavy atom. The highest BCUT2D eigenvalue weighted by Crippen LogP contribution is 2.22. The number of nitrogens with two attached hydrogens (primary N) is 1. The number of nitrogen functional groups attached to an aromatic ring is 1. The Labute approximate surface area is 82.1 Å². The van der Waals surface area contributed by atoms with Crippen molar-refractivity contribution in [3.05, 3.63) is 18.6 Å². The van der Waals surface area contributed by atoms with Crippen LogP contribution in [0.4, 0.5) is 5.69 Å². The van der Waals surface area contributed by atoms with Crippen molar-refractivity contribution in [2.75, 3.05) is 5.73 Å². The van der Waals surface area contributed by atoms with E-state index in [1.807, 2.05) is 31.0 Å². The summed E-state index contributed by atoms with van der Waals surface area (Å²) in [4.78, 5) is 0. The normalized spacial score (nSPS) is 10.7. The summed E-state index contributed by atoms with van der Waals surface area (Å²) in [5.41, 5.74) is 8.29. The summed E-state index contributed by atoms with van der Waals surface area (Å²) in [6, 6.07) is 0. The van der Waals surface area contributed by atoms with Crippen LogP contribution in [0.5, 0.6) is 0 Å². The maximum atomic E-state index is 5.84. The molecule has 2 heterocycles. The van der Waals surface area contributed by atoms with Gasteiger partial charge in [0, 0.05) is 31.5 Å². The molecule has 0 bridgehead atoms. The number of hydrogen-bond donors (Lipinski definition) is 1. The quantitative estimate of drug-likeness (QED) is 0.766. The molecule has 2 aromatic heterocycles. The Kier molecular flexibility index (Phi) is 1.99. The van der Waals surface area contributed by atoms with Crippen molar-refractivity contribution in [2.45, 2.75) is 13.5 Å². The van der Waals surface area contributed by atoms with Gasteiger partial charge in [-0.1, -0.05) is 0 Å². The van der Waals surface area contributed by atoms with Gasteiger partial charge in [0.05, 0.1) is 11.9 Å². The van der Waals surface area contributed by atoms with Gasteiger partial charge in [0.15, 0.2) is 0 Å². The molecule has 2 aromatic rings. The molecular formula is C9H13N5. The molecule has 0 aliphatic carbocycles. The lowest BCUT2D eigenvalue weighted by atomic mass is 10.2. The smallest absolute Gasteiger partial charge is 0.118 e. The molecule has 0 saturated carbocycles. The lowest BCUT2D eigenvalue weighted by Gasteiger charge is -1.92. The zero-order valence-electron chi connectivity index (χ0n) is 8.31. The van der Waals surface area contributed by atoms with Crippen LogP contribution in [0, 0.1) is 0 Å². The Bertz CT molecular complexity index is 440. The second kappa shape index (κ2) is 3.17. The van der Waals surface area contributed by atoms with E-state index in [4.69, 9.17) is 5.73 Å². The van der Waals surface area contributed by atoms with Crippen molar-refractivity contribution in [1.29, 1.82) is 0 Å². The van der Waals surface area contributed by atoms with E-state index < -0.39 is 0 Å². The molecule has 2 N–H and O–H groups in total. The number of rotatable bonds is 2. The molecular weight excluding hydrogens is 178 g/mol. The van der Waals surface area contributed by atoms with E-state index in [-0.39, 0.29) is 0 Å². The molecule has 0 amide bonds. The minimum absolute atomic E-state index is 0.694. The molecule has 0 fully saturated rings. The third kappa shape index (κ3) is 1.37. The first-order valence-electron chi connectivity index (χ1n) is 4.52. The highest BCUT2D eigenvalue weighted by molar-refractivity contribution is 5.70. The van der Waals surface area contributed by atoms with Crippen molar-refractivity contribution in [3.63, 3.8) is 0 Å². The zero-order valence-corrected chi connectivity index (χ0v) is 8.31. The summed E-state index contributed by atoms with van der Waals surface area (Å²) in [6.45, 7) is 2.85. The lowest BCUT2D eigenvalue weighted by molar-refractivity contribution is 0.662. The number of nitrogens with zero attached hydrogens (tertiary/aromatic N) is 4. The molecule has 0 aliphatic rings. The van der Waals surface area contributed by atoms with Gasteiger partial charge in [0.1, 0.15) is 5.69 Å². The average Bonchev–Trinajstić information content (AvgIpc) is 2.71. The number of hydrogen-bond acceptors (Lipinski definition) is 3. The molecule has 74 valence electrons. The van der Waals surface area contributed by atoms with Gasteiger partial charge >= 0.3 is 0 Å². The van der Waals surface area contributed by atoms with E-state index >= 15 is 0 Å². The molecule has 0 unspecified atom stereocenters. The predicted octanol–water partition coefficient (Wildman–Crippen LogP) is 0.886. The third-order valence-corrected chi connectivity index (χ3v) is 2.09. The SMILES string of the molecule is CCn1cc(N)c(-c2cnn(C)c2)n1. The molecule has 5 heteroatoms. The van der Waals surface area contributed by atoms with Crippen LogP contribution in [0.15, 0.2) is 18.6 Å². The Hall–Kier alpha value is -1.78. The second-order valence-corrected chi connectivity index (χ2v) is 3.19. The fraction of sp³-hybridized carbons (Fsp3) is 0.333. The third-order valence-electron chi connectivity index (χ3n) is 2.09. The molecule has 2 rings (SSSR count). The molecule has 0 saturated heterocycles. The van der Waals surface area contributed by atoms with Crippen molar-refractivity contribution >= 4 is 5.69 Å². The van der Waals surface area contributed by atoms with Gasteiger partial charge in [-0.3, -0.25) is 9.36 Å². The summed E-state index contributed by atoms with van der Waals surface area (Å²) in [7, 11) is 1.87. The topological polar surface area (TPSA) is 61.7 Å². The maximum Gasteiger partial charge on any atom is 0.118 e. The van der Waals surface area contributed by atoms with Crippen LogP contribution in [-0.2, 0) is 13.6 Å². The summed E-state index contributed by atoms with van der Waals surface area (Å²) >= 11 is 0. The first kappa shape index (κ1) is 8.80. The van der Waals surface area contributed by atoms with Gasteiger partial charge in [-0.2, -0.15) is 10.2 Å². The lowest BCUT2D eigenvalue weighted by Crippen LogP contribution is -1.93. The molecule has 0 aliphatic heterocycles. The fourth-order valence-corrected chi connectivity index (χ4v) is 1.37. The molecule has 0 atom stereocenters. The summed E-state index contributed by atoms with van der Waals surface area (Å²) in [5.74, 6) is 0. The zero-order chi connectivity index (χ0) is 10.1. The monoisotopic (exact) mass is 191 g/mol. The highest BCUT2D eigenvalue weighted by Gasteiger charge is 2.09. The summed E-state index contributed by atoms with van der Waals surface area (Å²) in [6.07, 6.45) is 5.50. The molecule has 0 radical (unpaired) electrons. The van der Waals surface area contributed by atoms with Gasteiger partial charge in [-0.25, -0.2) is 0 Å². The first-order valence-corrected chi connectivity index (χ1v) is 4.52. The van der Waals surface area contributed by atoms with E-state index in [9.17, 15) is 0 Å². The van der Waals surface area contributed by atoms with Crippen LogP contribution in [0.2, 0.25) is 0 Å². The summed E-state index contributed by atoms with van der Waals surface area (Å²) < 4.78 is 3.55. The standard InChI is InChI=1S/C9H13N5/c1-3-14-6-8(10)9(12-14)7-4-11-13(2)5-7/h4-6H,3,10H2,1-2H3. The van der Waals surface area contributed by atoms with Crippen molar-refractivity contribution in [3.8, 4) is 11.3 Å². The maximum absolute atomic E-state index is 5.84. The fourth-order valence-electron chi connectivity index (χ4n) is 1.37. The number of anilines is 1. The number of aryl methyl sites for hydroxylation is 2.